The number of rotatable bonds is 3. The first kappa shape index (κ1) is 15.4. The van der Waals surface area contributed by atoms with E-state index in [0.717, 1.165) is 16.3 Å². The summed E-state index contributed by atoms with van der Waals surface area (Å²) in [5.41, 5.74) is 2.81. The smallest absolute Gasteiger partial charge is 0.266 e. The summed E-state index contributed by atoms with van der Waals surface area (Å²) in [5.74, 6) is -0.0252. The van der Waals surface area contributed by atoms with Crippen molar-refractivity contribution in [1.29, 1.82) is 0 Å². The molecule has 0 bridgehead atoms. The van der Waals surface area contributed by atoms with Crippen molar-refractivity contribution in [1.82, 2.24) is 4.98 Å². The fraction of sp³-hybridized carbons (Fsp3) is 0.0526. The number of carbonyl (C=O) groups is 1. The summed E-state index contributed by atoms with van der Waals surface area (Å²) in [5, 5.41) is 6.59. The second-order valence-corrected chi connectivity index (χ2v) is 6.64. The minimum atomic E-state index is -0.151. The van der Waals surface area contributed by atoms with E-state index in [4.69, 9.17) is 0 Å². The molecular formula is C19H12N2O3S. The lowest BCUT2D eigenvalue weighted by molar-refractivity contribution is 0.101. The van der Waals surface area contributed by atoms with E-state index in [-0.39, 0.29) is 11.3 Å². The summed E-state index contributed by atoms with van der Waals surface area (Å²) in [7, 11) is 0. The number of nitrogens with zero attached hydrogens (tertiary/aromatic N) is 1. The van der Waals surface area contributed by atoms with Crippen molar-refractivity contribution in [2.45, 2.75) is 6.92 Å². The van der Waals surface area contributed by atoms with Crippen molar-refractivity contribution >= 4 is 43.8 Å². The van der Waals surface area contributed by atoms with Crippen molar-refractivity contribution in [3.63, 3.8) is 0 Å². The van der Waals surface area contributed by atoms with Gasteiger partial charge in [0.25, 0.3) is 5.56 Å². The number of H-pyrrole nitrogens is 1. The molecule has 0 fully saturated rings. The number of fused-ring (bicyclic) bond motifs is 3. The molecule has 2 heterocycles. The van der Waals surface area contributed by atoms with E-state index >= 15 is 0 Å². The molecule has 0 aliphatic carbocycles. The zero-order valence-corrected chi connectivity index (χ0v) is 14.0. The summed E-state index contributed by atoms with van der Waals surface area (Å²) in [6.45, 7) is 1.50. The largest absolute Gasteiger partial charge is 0.321 e. The van der Waals surface area contributed by atoms with Gasteiger partial charge in [0, 0.05) is 27.4 Å². The summed E-state index contributed by atoms with van der Waals surface area (Å²) < 4.78 is 0.608. The predicted molar refractivity (Wildman–Crippen MR) is 101 cm³/mol. The van der Waals surface area contributed by atoms with Gasteiger partial charge in [-0.2, -0.15) is 0 Å². The van der Waals surface area contributed by atoms with Crippen LogP contribution in [0.5, 0.6) is 0 Å². The fourth-order valence-corrected chi connectivity index (χ4v) is 3.87. The third-order valence-electron chi connectivity index (χ3n) is 4.25. The molecule has 0 spiro atoms. The highest BCUT2D eigenvalue weighted by molar-refractivity contribution is 7.17. The van der Waals surface area contributed by atoms with Gasteiger partial charge in [0.05, 0.1) is 0 Å². The van der Waals surface area contributed by atoms with Crippen LogP contribution in [-0.4, -0.2) is 10.8 Å². The van der Waals surface area contributed by atoms with Gasteiger partial charge in [-0.05, 0) is 41.2 Å². The minimum Gasteiger partial charge on any atom is -0.321 e. The number of ketones is 1. The Hall–Kier alpha value is -3.12. The Morgan fingerprint density at radius 1 is 1.08 bits per heavy atom. The first-order chi connectivity index (χ1) is 12.1. The molecule has 2 aromatic heterocycles. The number of pyridine rings is 1. The van der Waals surface area contributed by atoms with Gasteiger partial charge in [-0.3, -0.25) is 9.59 Å². The molecule has 5 nitrogen and oxygen atoms in total. The lowest BCUT2D eigenvalue weighted by atomic mass is 9.95. The number of nitrogens with one attached hydrogen (secondary N) is 1. The standard InChI is InChI=1S/C19H12N2O3S/c1-10(22)11-2-4-12(5-3-11)16-15(21-24)7-6-14-17(16)13-8-9-25-18(13)19(23)20-14/h2-9H,1H3,(H,20,23). The lowest BCUT2D eigenvalue weighted by Gasteiger charge is -2.10. The molecule has 25 heavy (non-hydrogen) atoms. The molecule has 0 radical (unpaired) electrons. The molecule has 0 saturated heterocycles. The minimum absolute atomic E-state index is 0.0252. The summed E-state index contributed by atoms with van der Waals surface area (Å²) >= 11 is 1.36. The number of carbonyl (C=O) groups excluding carboxylic acids is 1. The van der Waals surface area contributed by atoms with Gasteiger partial charge in [-0.15, -0.1) is 16.2 Å². The molecule has 0 atom stereocenters. The Morgan fingerprint density at radius 2 is 1.84 bits per heavy atom. The Bertz CT molecular complexity index is 1200. The number of nitroso groups, excluding NO2 is 1. The normalized spacial score (nSPS) is 11.1. The highest BCUT2D eigenvalue weighted by Gasteiger charge is 2.16. The van der Waals surface area contributed by atoms with Crippen LogP contribution < -0.4 is 5.56 Å². The second-order valence-electron chi connectivity index (χ2n) is 5.72. The van der Waals surface area contributed by atoms with Crippen LogP contribution in [0.3, 0.4) is 0 Å². The molecule has 0 aliphatic heterocycles. The number of aromatic amines is 1. The van der Waals surface area contributed by atoms with Crippen molar-refractivity contribution in [2.75, 3.05) is 0 Å². The van der Waals surface area contributed by atoms with E-state index in [9.17, 15) is 14.5 Å². The second kappa shape index (κ2) is 5.75. The van der Waals surface area contributed by atoms with E-state index in [1.807, 2.05) is 11.4 Å². The van der Waals surface area contributed by atoms with E-state index in [2.05, 4.69) is 10.2 Å². The van der Waals surface area contributed by atoms with E-state index in [1.54, 1.807) is 36.4 Å². The van der Waals surface area contributed by atoms with Crippen LogP contribution in [0.2, 0.25) is 0 Å². The number of benzene rings is 2. The van der Waals surface area contributed by atoms with Crippen molar-refractivity contribution < 1.29 is 4.79 Å². The molecule has 0 amide bonds. The van der Waals surface area contributed by atoms with Crippen molar-refractivity contribution in [3.8, 4) is 11.1 Å². The molecule has 0 saturated carbocycles. The van der Waals surface area contributed by atoms with Gasteiger partial charge < -0.3 is 4.98 Å². The van der Waals surface area contributed by atoms with Crippen LogP contribution in [0.1, 0.15) is 17.3 Å². The predicted octanol–water partition coefficient (Wildman–Crippen LogP) is 5.01. The van der Waals surface area contributed by atoms with Gasteiger partial charge in [0.2, 0.25) is 0 Å². The lowest BCUT2D eigenvalue weighted by Crippen LogP contribution is -2.04. The SMILES string of the molecule is CC(=O)c1ccc(-c2c(N=O)ccc3[nH]c(=O)c4sccc4c23)cc1. The third kappa shape index (κ3) is 2.38. The van der Waals surface area contributed by atoms with Crippen LogP contribution in [0.15, 0.2) is 57.8 Å². The average Bonchev–Trinajstić information content (AvgIpc) is 3.11. The summed E-state index contributed by atoms with van der Waals surface area (Å²) in [6, 6.07) is 12.2. The summed E-state index contributed by atoms with van der Waals surface area (Å²) in [6.07, 6.45) is 0. The van der Waals surface area contributed by atoms with Crippen LogP contribution in [-0.2, 0) is 0 Å². The molecule has 122 valence electrons. The zero-order valence-electron chi connectivity index (χ0n) is 13.2. The highest BCUT2D eigenvalue weighted by atomic mass is 32.1. The molecule has 2 aromatic carbocycles. The van der Waals surface area contributed by atoms with Crippen LogP contribution in [0.4, 0.5) is 5.69 Å². The molecule has 0 aliphatic rings. The fourth-order valence-electron chi connectivity index (χ4n) is 3.08. The first-order valence-electron chi connectivity index (χ1n) is 7.61. The number of hydrogen-bond acceptors (Lipinski definition) is 5. The Labute approximate surface area is 145 Å². The quantitative estimate of drug-likeness (QED) is 0.417. The maximum absolute atomic E-state index is 12.2. The van der Waals surface area contributed by atoms with Crippen LogP contribution >= 0.6 is 11.3 Å². The monoisotopic (exact) mass is 348 g/mol. The van der Waals surface area contributed by atoms with Gasteiger partial charge in [-0.1, -0.05) is 24.3 Å². The van der Waals surface area contributed by atoms with E-state index < -0.39 is 0 Å². The van der Waals surface area contributed by atoms with Gasteiger partial charge >= 0.3 is 0 Å². The molecular weight excluding hydrogens is 336 g/mol. The van der Waals surface area contributed by atoms with E-state index in [0.29, 0.717) is 27.0 Å². The molecule has 0 unspecified atom stereocenters. The molecule has 6 heteroatoms. The van der Waals surface area contributed by atoms with Crippen molar-refractivity contribution in [2.24, 2.45) is 5.18 Å². The van der Waals surface area contributed by atoms with Crippen LogP contribution in [0.25, 0.3) is 32.1 Å². The highest BCUT2D eigenvalue weighted by Crippen LogP contribution is 2.40. The van der Waals surface area contributed by atoms with Gasteiger partial charge in [0.15, 0.2) is 5.78 Å². The van der Waals surface area contributed by atoms with Gasteiger partial charge in [0.1, 0.15) is 10.4 Å². The number of hydrogen-bond donors (Lipinski definition) is 1. The molecule has 1 N–H and O–H groups in total. The number of aromatic nitrogens is 1. The Balaban J connectivity index is 2.14. The first-order valence-corrected chi connectivity index (χ1v) is 8.49. The zero-order chi connectivity index (χ0) is 17.6. The molecule has 4 rings (SSSR count). The Morgan fingerprint density at radius 3 is 2.52 bits per heavy atom. The number of thiophene rings is 1. The van der Waals surface area contributed by atoms with Gasteiger partial charge in [-0.25, -0.2) is 0 Å². The average molecular weight is 348 g/mol. The summed E-state index contributed by atoms with van der Waals surface area (Å²) in [4.78, 5) is 38.0. The van der Waals surface area contributed by atoms with Crippen LogP contribution in [0, 0.1) is 4.91 Å². The van der Waals surface area contributed by atoms with Crippen molar-refractivity contribution in [3.05, 3.63) is 68.7 Å². The van der Waals surface area contributed by atoms with E-state index in [1.165, 1.54) is 18.3 Å². The maximum atomic E-state index is 12.2. The third-order valence-corrected chi connectivity index (χ3v) is 5.16. The molecule has 4 aromatic rings. The topological polar surface area (TPSA) is 79.4 Å². The number of Topliss-reactive ketones (excluding diaryl/α,β-unsaturated/α-hetero) is 1. The Kier molecular flexibility index (Phi) is 3.54. The maximum Gasteiger partial charge on any atom is 0.266 e.